The van der Waals surface area contributed by atoms with Crippen molar-refractivity contribution in [1.29, 1.82) is 0 Å². The Hall–Kier alpha value is -0.810. The SMILES string of the molecule is CCC(C)OC(=O)OCC(C)OCCO. The van der Waals surface area contributed by atoms with Gasteiger partial charge in [-0.3, -0.25) is 0 Å². The van der Waals surface area contributed by atoms with Crippen LogP contribution in [0.1, 0.15) is 27.2 Å². The highest BCUT2D eigenvalue weighted by Gasteiger charge is 2.11. The van der Waals surface area contributed by atoms with E-state index in [-0.39, 0.29) is 32.0 Å². The third-order valence-electron chi connectivity index (χ3n) is 1.80. The summed E-state index contributed by atoms with van der Waals surface area (Å²) < 4.78 is 14.8. The second-order valence-corrected chi connectivity index (χ2v) is 3.30. The molecule has 0 aliphatic carbocycles. The molecule has 0 aromatic heterocycles. The fraction of sp³-hybridized carbons (Fsp3) is 0.900. The number of aliphatic hydroxyl groups excluding tert-OH is 1. The van der Waals surface area contributed by atoms with Gasteiger partial charge in [0.05, 0.1) is 19.3 Å². The zero-order chi connectivity index (χ0) is 11.7. The van der Waals surface area contributed by atoms with Gasteiger partial charge in [0, 0.05) is 0 Å². The lowest BCUT2D eigenvalue weighted by atomic mass is 10.3. The average molecular weight is 220 g/mol. The number of rotatable bonds is 7. The Bertz CT molecular complexity index is 171. The fourth-order valence-electron chi connectivity index (χ4n) is 0.769. The van der Waals surface area contributed by atoms with Crippen LogP contribution in [-0.2, 0) is 14.2 Å². The van der Waals surface area contributed by atoms with E-state index in [0.29, 0.717) is 0 Å². The Balaban J connectivity index is 3.52. The lowest BCUT2D eigenvalue weighted by Crippen LogP contribution is -2.22. The monoisotopic (exact) mass is 220 g/mol. The highest BCUT2D eigenvalue weighted by Crippen LogP contribution is 2.00. The molecule has 90 valence electrons. The van der Waals surface area contributed by atoms with Gasteiger partial charge in [-0.25, -0.2) is 4.79 Å². The lowest BCUT2D eigenvalue weighted by molar-refractivity contribution is -0.0261. The largest absolute Gasteiger partial charge is 0.508 e. The Morgan fingerprint density at radius 3 is 2.53 bits per heavy atom. The summed E-state index contributed by atoms with van der Waals surface area (Å²) in [5.74, 6) is 0. The van der Waals surface area contributed by atoms with Crippen molar-refractivity contribution in [2.45, 2.75) is 39.4 Å². The van der Waals surface area contributed by atoms with E-state index < -0.39 is 6.16 Å². The molecule has 0 saturated heterocycles. The molecule has 0 amide bonds. The van der Waals surface area contributed by atoms with E-state index in [0.717, 1.165) is 6.42 Å². The van der Waals surface area contributed by atoms with Crippen LogP contribution in [0.5, 0.6) is 0 Å². The zero-order valence-corrected chi connectivity index (χ0v) is 9.56. The number of carbonyl (C=O) groups excluding carboxylic acids is 1. The number of ether oxygens (including phenoxy) is 3. The average Bonchev–Trinajstić information content (AvgIpc) is 2.23. The summed E-state index contributed by atoms with van der Waals surface area (Å²) >= 11 is 0. The first-order valence-corrected chi connectivity index (χ1v) is 5.16. The highest BCUT2D eigenvalue weighted by molar-refractivity contribution is 5.60. The molecular formula is C10H20O5. The maximum Gasteiger partial charge on any atom is 0.508 e. The van der Waals surface area contributed by atoms with Crippen molar-refractivity contribution in [2.75, 3.05) is 19.8 Å². The molecule has 0 bridgehead atoms. The summed E-state index contributed by atoms with van der Waals surface area (Å²) in [5.41, 5.74) is 0. The van der Waals surface area contributed by atoms with Crippen LogP contribution < -0.4 is 0 Å². The topological polar surface area (TPSA) is 65.0 Å². The molecule has 0 aliphatic heterocycles. The van der Waals surface area contributed by atoms with Gasteiger partial charge >= 0.3 is 6.16 Å². The first-order chi connectivity index (χ1) is 7.10. The molecule has 0 aromatic carbocycles. The van der Waals surface area contributed by atoms with Gasteiger partial charge in [0.2, 0.25) is 0 Å². The standard InChI is InChI=1S/C10H20O5/c1-4-8(2)15-10(12)14-7-9(3)13-6-5-11/h8-9,11H,4-7H2,1-3H3. The summed E-state index contributed by atoms with van der Waals surface area (Å²) in [6.45, 7) is 5.81. The van der Waals surface area contributed by atoms with Crippen LogP contribution in [0.2, 0.25) is 0 Å². The van der Waals surface area contributed by atoms with Gasteiger partial charge in [-0.1, -0.05) is 6.92 Å². The second-order valence-electron chi connectivity index (χ2n) is 3.30. The molecule has 15 heavy (non-hydrogen) atoms. The molecule has 0 heterocycles. The summed E-state index contributed by atoms with van der Waals surface area (Å²) in [6.07, 6.45) is -0.289. The summed E-state index contributed by atoms with van der Waals surface area (Å²) in [7, 11) is 0. The first kappa shape index (κ1) is 14.2. The van der Waals surface area contributed by atoms with Crippen LogP contribution >= 0.6 is 0 Å². The van der Waals surface area contributed by atoms with Crippen molar-refractivity contribution in [3.63, 3.8) is 0 Å². The normalized spacial score (nSPS) is 14.4. The van der Waals surface area contributed by atoms with Crippen molar-refractivity contribution in [2.24, 2.45) is 0 Å². The molecule has 0 fully saturated rings. The molecule has 0 rings (SSSR count). The van der Waals surface area contributed by atoms with Crippen LogP contribution in [0, 0.1) is 0 Å². The molecule has 0 radical (unpaired) electrons. The van der Waals surface area contributed by atoms with Crippen molar-refractivity contribution in [3.05, 3.63) is 0 Å². The molecule has 5 nitrogen and oxygen atoms in total. The fourth-order valence-corrected chi connectivity index (χ4v) is 0.769. The lowest BCUT2D eigenvalue weighted by Gasteiger charge is -2.14. The van der Waals surface area contributed by atoms with E-state index in [1.807, 2.05) is 6.92 Å². The van der Waals surface area contributed by atoms with Crippen molar-refractivity contribution >= 4 is 6.16 Å². The Morgan fingerprint density at radius 2 is 2.00 bits per heavy atom. The van der Waals surface area contributed by atoms with E-state index >= 15 is 0 Å². The van der Waals surface area contributed by atoms with Gasteiger partial charge in [0.1, 0.15) is 12.7 Å². The zero-order valence-electron chi connectivity index (χ0n) is 9.56. The van der Waals surface area contributed by atoms with E-state index in [1.54, 1.807) is 13.8 Å². The van der Waals surface area contributed by atoms with Crippen molar-refractivity contribution in [1.82, 2.24) is 0 Å². The molecule has 5 heteroatoms. The number of hydrogen-bond donors (Lipinski definition) is 1. The predicted molar refractivity (Wildman–Crippen MR) is 54.7 cm³/mol. The Kier molecular flexibility index (Phi) is 8.04. The predicted octanol–water partition coefficient (Wildman–Crippen LogP) is 1.34. The summed E-state index contributed by atoms with van der Waals surface area (Å²) in [5, 5.41) is 8.49. The molecule has 0 aromatic rings. The molecule has 0 spiro atoms. The summed E-state index contributed by atoms with van der Waals surface area (Å²) in [6, 6.07) is 0. The van der Waals surface area contributed by atoms with Crippen LogP contribution in [-0.4, -0.2) is 43.3 Å². The Morgan fingerprint density at radius 1 is 1.33 bits per heavy atom. The maximum absolute atomic E-state index is 11.0. The highest BCUT2D eigenvalue weighted by atomic mass is 16.7. The van der Waals surface area contributed by atoms with Crippen LogP contribution in [0.15, 0.2) is 0 Å². The minimum atomic E-state index is -0.677. The minimum absolute atomic E-state index is 0.0400. The molecule has 0 aliphatic rings. The van der Waals surface area contributed by atoms with Gasteiger partial charge in [-0.15, -0.1) is 0 Å². The van der Waals surface area contributed by atoms with Gasteiger partial charge in [0.15, 0.2) is 0 Å². The van der Waals surface area contributed by atoms with Gasteiger partial charge in [0.25, 0.3) is 0 Å². The molecule has 2 unspecified atom stereocenters. The number of aliphatic hydroxyl groups is 1. The molecule has 2 atom stereocenters. The van der Waals surface area contributed by atoms with Gasteiger partial charge < -0.3 is 19.3 Å². The summed E-state index contributed by atoms with van der Waals surface area (Å²) in [4.78, 5) is 11.0. The molecule has 1 N–H and O–H groups in total. The van der Waals surface area contributed by atoms with Crippen LogP contribution in [0.4, 0.5) is 4.79 Å². The quantitative estimate of drug-likeness (QED) is 0.656. The van der Waals surface area contributed by atoms with E-state index in [4.69, 9.17) is 19.3 Å². The minimum Gasteiger partial charge on any atom is -0.432 e. The van der Waals surface area contributed by atoms with E-state index in [9.17, 15) is 4.79 Å². The smallest absolute Gasteiger partial charge is 0.432 e. The van der Waals surface area contributed by atoms with Crippen molar-refractivity contribution < 1.29 is 24.1 Å². The molecule has 0 saturated carbocycles. The number of carbonyl (C=O) groups is 1. The van der Waals surface area contributed by atoms with Crippen molar-refractivity contribution in [3.8, 4) is 0 Å². The maximum atomic E-state index is 11.0. The van der Waals surface area contributed by atoms with Crippen LogP contribution in [0.3, 0.4) is 0 Å². The van der Waals surface area contributed by atoms with Gasteiger partial charge in [-0.05, 0) is 20.3 Å². The first-order valence-electron chi connectivity index (χ1n) is 5.16. The second kappa shape index (κ2) is 8.49. The van der Waals surface area contributed by atoms with E-state index in [1.165, 1.54) is 0 Å². The third kappa shape index (κ3) is 8.20. The third-order valence-corrected chi connectivity index (χ3v) is 1.80. The Labute approximate surface area is 90.3 Å². The molecular weight excluding hydrogens is 200 g/mol. The number of hydrogen-bond acceptors (Lipinski definition) is 5. The van der Waals surface area contributed by atoms with Gasteiger partial charge in [-0.2, -0.15) is 0 Å². The van der Waals surface area contributed by atoms with E-state index in [2.05, 4.69) is 0 Å². The van der Waals surface area contributed by atoms with Crippen LogP contribution in [0.25, 0.3) is 0 Å².